The van der Waals surface area contributed by atoms with E-state index >= 15 is 0 Å². The van der Waals surface area contributed by atoms with Gasteiger partial charge < -0.3 is 5.32 Å². The molecule has 0 spiro atoms. The monoisotopic (exact) mass is 353 g/mol. The second-order valence-corrected chi connectivity index (χ2v) is 8.63. The highest BCUT2D eigenvalue weighted by atomic mass is 32.2. The summed E-state index contributed by atoms with van der Waals surface area (Å²) in [6.07, 6.45) is 1.72. The summed E-state index contributed by atoms with van der Waals surface area (Å²) in [5.74, 6) is -0.563. The van der Waals surface area contributed by atoms with Gasteiger partial charge in [-0.05, 0) is 48.6 Å². The molecule has 1 saturated carbocycles. The van der Waals surface area contributed by atoms with Gasteiger partial charge in [0.05, 0.1) is 4.90 Å². The Morgan fingerprint density at radius 1 is 1.26 bits per heavy atom. The van der Waals surface area contributed by atoms with E-state index < -0.39 is 20.9 Å². The van der Waals surface area contributed by atoms with E-state index in [9.17, 15) is 17.6 Å². The van der Waals surface area contributed by atoms with Crippen LogP contribution in [-0.2, 0) is 14.6 Å². The van der Waals surface area contributed by atoms with Gasteiger partial charge in [-0.1, -0.05) is 6.07 Å². The number of benzene rings is 1. The van der Waals surface area contributed by atoms with Crippen molar-refractivity contribution < 1.29 is 17.6 Å². The molecule has 1 aromatic heterocycles. The van der Waals surface area contributed by atoms with Crippen LogP contribution in [0.3, 0.4) is 0 Å². The first kappa shape index (κ1) is 16.1. The zero-order valence-corrected chi connectivity index (χ0v) is 13.9. The Morgan fingerprint density at radius 2 is 1.96 bits per heavy atom. The molecule has 1 N–H and O–H groups in total. The van der Waals surface area contributed by atoms with Crippen molar-refractivity contribution in [3.63, 3.8) is 0 Å². The predicted octanol–water partition coefficient (Wildman–Crippen LogP) is 2.93. The Labute approximate surface area is 138 Å². The van der Waals surface area contributed by atoms with Gasteiger partial charge in [-0.15, -0.1) is 11.3 Å². The highest BCUT2D eigenvalue weighted by molar-refractivity contribution is 7.91. The average Bonchev–Trinajstić information content (AvgIpc) is 3.24. The summed E-state index contributed by atoms with van der Waals surface area (Å²) in [4.78, 5) is 12.5. The largest absolute Gasteiger partial charge is 0.354 e. The topological polar surface area (TPSA) is 63.2 Å². The van der Waals surface area contributed by atoms with Crippen molar-refractivity contribution >= 4 is 27.1 Å². The molecule has 1 atom stereocenters. The van der Waals surface area contributed by atoms with Crippen molar-refractivity contribution in [3.8, 4) is 0 Å². The van der Waals surface area contributed by atoms with Crippen molar-refractivity contribution in [2.24, 2.45) is 5.92 Å². The first-order valence-electron chi connectivity index (χ1n) is 7.29. The maximum Gasteiger partial charge on any atom is 0.223 e. The van der Waals surface area contributed by atoms with Crippen LogP contribution >= 0.6 is 11.3 Å². The standard InChI is InChI=1S/C16H16FNO3S2/c17-12-5-7-13(8-6-12)23(20,21)15(14-2-1-9-22-14)10-18-16(19)11-3-4-11/h1-2,5-9,11,15H,3-4,10H2,(H,18,19). The number of amides is 1. The van der Waals surface area contributed by atoms with Crippen molar-refractivity contribution in [2.45, 2.75) is 23.0 Å². The minimum atomic E-state index is -3.71. The fraction of sp³-hybridized carbons (Fsp3) is 0.312. The molecule has 0 saturated heterocycles. The first-order chi connectivity index (χ1) is 11.0. The van der Waals surface area contributed by atoms with Crippen molar-refractivity contribution in [1.82, 2.24) is 5.32 Å². The number of nitrogens with one attached hydrogen (secondary N) is 1. The van der Waals surface area contributed by atoms with Gasteiger partial charge in [0.15, 0.2) is 9.84 Å². The molecule has 1 unspecified atom stereocenters. The molecule has 1 aliphatic rings. The maximum atomic E-state index is 13.0. The molecule has 0 radical (unpaired) electrons. The Kier molecular flexibility index (Phi) is 4.50. The Bertz CT molecular complexity index is 781. The van der Waals surface area contributed by atoms with Crippen LogP contribution in [-0.4, -0.2) is 20.9 Å². The summed E-state index contributed by atoms with van der Waals surface area (Å²) in [5, 5.41) is 3.67. The molecule has 1 aliphatic carbocycles. The summed E-state index contributed by atoms with van der Waals surface area (Å²) in [5.41, 5.74) is 0. The number of carbonyl (C=O) groups excluding carboxylic acids is 1. The third kappa shape index (κ3) is 3.61. The molecule has 4 nitrogen and oxygen atoms in total. The predicted molar refractivity (Wildman–Crippen MR) is 86.4 cm³/mol. The van der Waals surface area contributed by atoms with E-state index in [0.717, 1.165) is 25.0 Å². The number of carbonyl (C=O) groups is 1. The van der Waals surface area contributed by atoms with Gasteiger partial charge in [0, 0.05) is 17.3 Å². The van der Waals surface area contributed by atoms with Crippen LogP contribution in [0.2, 0.25) is 0 Å². The molecule has 122 valence electrons. The normalized spacial score (nSPS) is 16.0. The van der Waals surface area contributed by atoms with Crippen LogP contribution in [0.4, 0.5) is 4.39 Å². The van der Waals surface area contributed by atoms with Gasteiger partial charge in [0.25, 0.3) is 0 Å². The van der Waals surface area contributed by atoms with Crippen LogP contribution in [0, 0.1) is 11.7 Å². The van der Waals surface area contributed by atoms with Crippen molar-refractivity contribution in [2.75, 3.05) is 6.54 Å². The van der Waals surface area contributed by atoms with Gasteiger partial charge in [0.2, 0.25) is 5.91 Å². The summed E-state index contributed by atoms with van der Waals surface area (Å²) < 4.78 is 38.8. The highest BCUT2D eigenvalue weighted by Crippen LogP contribution is 2.33. The zero-order valence-electron chi connectivity index (χ0n) is 12.2. The van der Waals surface area contributed by atoms with E-state index in [-0.39, 0.29) is 23.3 Å². The second kappa shape index (κ2) is 6.41. The molecule has 1 heterocycles. The number of hydrogen-bond donors (Lipinski definition) is 1. The number of sulfone groups is 1. The highest BCUT2D eigenvalue weighted by Gasteiger charge is 2.33. The number of thiophene rings is 1. The third-order valence-corrected chi connectivity index (χ3v) is 7.02. The molecule has 23 heavy (non-hydrogen) atoms. The van der Waals surface area contributed by atoms with Crippen molar-refractivity contribution in [1.29, 1.82) is 0 Å². The summed E-state index contributed by atoms with van der Waals surface area (Å²) in [6.45, 7) is 0.0234. The van der Waals surface area contributed by atoms with Gasteiger partial charge >= 0.3 is 0 Å². The Hall–Kier alpha value is -1.73. The van der Waals surface area contributed by atoms with E-state index in [1.54, 1.807) is 17.5 Å². The van der Waals surface area contributed by atoms with Crippen LogP contribution in [0.5, 0.6) is 0 Å². The molecule has 7 heteroatoms. The lowest BCUT2D eigenvalue weighted by molar-refractivity contribution is -0.122. The molecular formula is C16H16FNO3S2. The Balaban J connectivity index is 1.87. The lowest BCUT2D eigenvalue weighted by Gasteiger charge is -2.17. The van der Waals surface area contributed by atoms with Crippen molar-refractivity contribution in [3.05, 3.63) is 52.5 Å². The number of hydrogen-bond acceptors (Lipinski definition) is 4. The van der Waals surface area contributed by atoms with E-state index in [1.165, 1.54) is 23.5 Å². The first-order valence-corrected chi connectivity index (χ1v) is 9.71. The summed E-state index contributed by atoms with van der Waals surface area (Å²) in [7, 11) is -3.71. The van der Waals surface area contributed by atoms with Gasteiger partial charge in [0.1, 0.15) is 11.1 Å². The van der Waals surface area contributed by atoms with E-state index in [4.69, 9.17) is 0 Å². The lowest BCUT2D eigenvalue weighted by Crippen LogP contribution is -2.32. The molecule has 1 aromatic carbocycles. The fourth-order valence-corrected chi connectivity index (χ4v) is 5.09. The number of halogens is 1. The SMILES string of the molecule is O=C(NCC(c1cccs1)S(=O)(=O)c1ccc(F)cc1)C1CC1. The van der Waals surface area contributed by atoms with Crippen LogP contribution in [0.25, 0.3) is 0 Å². The summed E-state index contributed by atoms with van der Waals surface area (Å²) in [6, 6.07) is 8.28. The molecule has 1 fully saturated rings. The second-order valence-electron chi connectivity index (χ2n) is 5.52. The Morgan fingerprint density at radius 3 is 2.52 bits per heavy atom. The molecule has 1 amide bonds. The average molecular weight is 353 g/mol. The van der Waals surface area contributed by atoms with Gasteiger partial charge in [-0.2, -0.15) is 0 Å². The number of rotatable bonds is 6. The van der Waals surface area contributed by atoms with E-state index in [0.29, 0.717) is 4.88 Å². The van der Waals surface area contributed by atoms with E-state index in [1.807, 2.05) is 0 Å². The van der Waals surface area contributed by atoms with Crippen LogP contribution in [0.1, 0.15) is 23.0 Å². The van der Waals surface area contributed by atoms with Gasteiger partial charge in [-0.3, -0.25) is 4.79 Å². The molecule has 0 aliphatic heterocycles. The molecule has 2 aromatic rings. The zero-order chi connectivity index (χ0) is 16.4. The van der Waals surface area contributed by atoms with Crippen LogP contribution in [0.15, 0.2) is 46.7 Å². The minimum Gasteiger partial charge on any atom is -0.354 e. The van der Waals surface area contributed by atoms with Crippen LogP contribution < -0.4 is 5.32 Å². The molecular weight excluding hydrogens is 337 g/mol. The van der Waals surface area contributed by atoms with Gasteiger partial charge in [-0.25, -0.2) is 12.8 Å². The smallest absolute Gasteiger partial charge is 0.223 e. The minimum absolute atomic E-state index is 0.0208. The quantitative estimate of drug-likeness (QED) is 0.812. The fourth-order valence-electron chi connectivity index (χ4n) is 2.31. The third-order valence-electron chi connectivity index (χ3n) is 3.79. The summed E-state index contributed by atoms with van der Waals surface area (Å²) >= 11 is 1.33. The maximum absolute atomic E-state index is 13.0. The molecule has 0 bridgehead atoms. The van der Waals surface area contributed by atoms with E-state index in [2.05, 4.69) is 5.32 Å². The lowest BCUT2D eigenvalue weighted by atomic mass is 10.3. The molecule has 3 rings (SSSR count).